The molecule has 0 bridgehead atoms. The van der Waals surface area contributed by atoms with Crippen molar-refractivity contribution in [3.63, 3.8) is 0 Å². The first kappa shape index (κ1) is 13.3. The third-order valence-corrected chi connectivity index (χ3v) is 3.38. The molecule has 3 rings (SSSR count). The molecule has 0 radical (unpaired) electrons. The number of aryl methyl sites for hydroxylation is 1. The van der Waals surface area contributed by atoms with Crippen LogP contribution in [-0.4, -0.2) is 20.3 Å². The van der Waals surface area contributed by atoms with Crippen molar-refractivity contribution in [3.8, 4) is 0 Å². The van der Waals surface area contributed by atoms with Gasteiger partial charge in [0.2, 0.25) is 0 Å². The van der Waals surface area contributed by atoms with Crippen LogP contribution in [0.3, 0.4) is 0 Å². The molecule has 1 amide bonds. The molecular weight excluding hydrogens is 264 g/mol. The van der Waals surface area contributed by atoms with E-state index in [4.69, 9.17) is 0 Å². The molecule has 0 aliphatic rings. The van der Waals surface area contributed by atoms with Crippen LogP contribution < -0.4 is 5.32 Å². The third kappa shape index (κ3) is 2.76. The number of carbonyl (C=O) groups excluding carboxylic acids is 1. The van der Waals surface area contributed by atoms with Gasteiger partial charge in [0.1, 0.15) is 11.3 Å². The number of hydrogen-bond donors (Lipinski definition) is 1. The normalized spacial score (nSPS) is 12.3. The number of nitrogens with one attached hydrogen (secondary N) is 1. The summed E-state index contributed by atoms with van der Waals surface area (Å²) in [5, 5.41) is 2.93. The van der Waals surface area contributed by atoms with Crippen LogP contribution in [0.4, 0.5) is 0 Å². The lowest BCUT2D eigenvalue weighted by molar-refractivity contribution is 0.0935. The number of hydrogen-bond acceptors (Lipinski definition) is 3. The molecule has 21 heavy (non-hydrogen) atoms. The second kappa shape index (κ2) is 5.36. The Bertz CT molecular complexity index is 779. The minimum Gasteiger partial charge on any atom is -0.344 e. The van der Waals surface area contributed by atoms with Crippen molar-refractivity contribution < 1.29 is 4.79 Å². The highest BCUT2D eigenvalue weighted by Crippen LogP contribution is 2.12. The number of nitrogens with zero attached hydrogens (tertiary/aromatic N) is 3. The number of imidazole rings is 1. The SMILES string of the molecule is Cc1ccn2cc(C(=O)NC(C)c3cccnc3)nc2c1. The largest absolute Gasteiger partial charge is 0.344 e. The molecule has 1 unspecified atom stereocenters. The van der Waals surface area contributed by atoms with Gasteiger partial charge in [-0.25, -0.2) is 4.98 Å². The third-order valence-electron chi connectivity index (χ3n) is 3.38. The Balaban J connectivity index is 1.80. The lowest BCUT2D eigenvalue weighted by Crippen LogP contribution is -2.26. The van der Waals surface area contributed by atoms with Crippen molar-refractivity contribution in [2.45, 2.75) is 19.9 Å². The Labute approximate surface area is 122 Å². The predicted molar refractivity (Wildman–Crippen MR) is 80.0 cm³/mol. The summed E-state index contributed by atoms with van der Waals surface area (Å²) in [7, 11) is 0. The van der Waals surface area contributed by atoms with Crippen LogP contribution in [0.25, 0.3) is 5.65 Å². The van der Waals surface area contributed by atoms with Crippen LogP contribution in [-0.2, 0) is 0 Å². The molecule has 0 fully saturated rings. The average molecular weight is 280 g/mol. The summed E-state index contributed by atoms with van der Waals surface area (Å²) < 4.78 is 1.84. The fourth-order valence-corrected chi connectivity index (χ4v) is 2.18. The Kier molecular flexibility index (Phi) is 3.39. The molecule has 0 saturated carbocycles. The van der Waals surface area contributed by atoms with Crippen molar-refractivity contribution in [1.82, 2.24) is 19.7 Å². The molecular formula is C16H16N4O. The van der Waals surface area contributed by atoms with Crippen molar-refractivity contribution in [2.24, 2.45) is 0 Å². The molecule has 0 aliphatic heterocycles. The van der Waals surface area contributed by atoms with Gasteiger partial charge in [-0.1, -0.05) is 6.07 Å². The first-order chi connectivity index (χ1) is 10.1. The molecule has 1 atom stereocenters. The van der Waals surface area contributed by atoms with E-state index in [9.17, 15) is 4.79 Å². The van der Waals surface area contributed by atoms with Crippen LogP contribution in [0.2, 0.25) is 0 Å². The molecule has 0 spiro atoms. The van der Waals surface area contributed by atoms with Crippen molar-refractivity contribution >= 4 is 11.6 Å². The number of fused-ring (bicyclic) bond motifs is 1. The summed E-state index contributed by atoms with van der Waals surface area (Å²) >= 11 is 0. The molecule has 1 N–H and O–H groups in total. The molecule has 5 nitrogen and oxygen atoms in total. The molecule has 0 aromatic carbocycles. The summed E-state index contributed by atoms with van der Waals surface area (Å²) in [5.41, 5.74) is 3.26. The number of aromatic nitrogens is 3. The Hall–Kier alpha value is -2.69. The van der Waals surface area contributed by atoms with Crippen molar-refractivity contribution in [3.05, 3.63) is 65.9 Å². The van der Waals surface area contributed by atoms with Gasteiger partial charge in [-0.3, -0.25) is 9.78 Å². The fraction of sp³-hybridized carbons (Fsp3) is 0.188. The second-order valence-electron chi connectivity index (χ2n) is 5.08. The zero-order valence-electron chi connectivity index (χ0n) is 11.9. The first-order valence-electron chi connectivity index (χ1n) is 6.79. The predicted octanol–water partition coefficient (Wildman–Crippen LogP) is 2.53. The minimum atomic E-state index is -0.187. The van der Waals surface area contributed by atoms with Gasteiger partial charge in [0.05, 0.1) is 6.04 Å². The van der Waals surface area contributed by atoms with Crippen molar-refractivity contribution in [2.75, 3.05) is 0 Å². The van der Waals surface area contributed by atoms with Gasteiger partial charge in [0, 0.05) is 24.8 Å². The number of amides is 1. The highest BCUT2D eigenvalue weighted by molar-refractivity contribution is 5.93. The first-order valence-corrected chi connectivity index (χ1v) is 6.79. The van der Waals surface area contributed by atoms with Gasteiger partial charge < -0.3 is 9.72 Å². The smallest absolute Gasteiger partial charge is 0.271 e. The van der Waals surface area contributed by atoms with Crippen LogP contribution in [0.15, 0.2) is 49.1 Å². The van der Waals surface area contributed by atoms with Crippen LogP contribution in [0, 0.1) is 6.92 Å². The van der Waals surface area contributed by atoms with E-state index in [1.807, 2.05) is 48.7 Å². The van der Waals surface area contributed by atoms with Gasteiger partial charge >= 0.3 is 0 Å². The highest BCUT2D eigenvalue weighted by atomic mass is 16.1. The van der Waals surface area contributed by atoms with Gasteiger partial charge in [-0.15, -0.1) is 0 Å². The summed E-state index contributed by atoms with van der Waals surface area (Å²) in [5.74, 6) is -0.187. The summed E-state index contributed by atoms with van der Waals surface area (Å²) in [6.07, 6.45) is 7.10. The highest BCUT2D eigenvalue weighted by Gasteiger charge is 2.14. The minimum absolute atomic E-state index is 0.113. The van der Waals surface area contributed by atoms with Crippen molar-refractivity contribution in [1.29, 1.82) is 0 Å². The van der Waals surface area contributed by atoms with Gasteiger partial charge in [-0.05, 0) is 43.2 Å². The zero-order chi connectivity index (χ0) is 14.8. The molecule has 106 valence electrons. The number of rotatable bonds is 3. The Morgan fingerprint density at radius 1 is 1.38 bits per heavy atom. The number of pyridine rings is 2. The molecule has 5 heteroatoms. The molecule has 3 heterocycles. The maximum Gasteiger partial charge on any atom is 0.271 e. The lowest BCUT2D eigenvalue weighted by atomic mass is 10.1. The van der Waals surface area contributed by atoms with Gasteiger partial charge in [0.15, 0.2) is 0 Å². The Morgan fingerprint density at radius 2 is 2.24 bits per heavy atom. The maximum absolute atomic E-state index is 12.3. The number of carbonyl (C=O) groups is 1. The summed E-state index contributed by atoms with van der Waals surface area (Å²) in [4.78, 5) is 20.7. The molecule has 3 aromatic heterocycles. The maximum atomic E-state index is 12.3. The van der Waals surface area contributed by atoms with Gasteiger partial charge in [-0.2, -0.15) is 0 Å². The van der Waals surface area contributed by atoms with E-state index < -0.39 is 0 Å². The average Bonchev–Trinajstić information content (AvgIpc) is 2.91. The van der Waals surface area contributed by atoms with E-state index in [1.165, 1.54) is 0 Å². The summed E-state index contributed by atoms with van der Waals surface area (Å²) in [6, 6.07) is 7.60. The summed E-state index contributed by atoms with van der Waals surface area (Å²) in [6.45, 7) is 3.92. The topological polar surface area (TPSA) is 59.3 Å². The van der Waals surface area contributed by atoms with E-state index in [-0.39, 0.29) is 11.9 Å². The fourth-order valence-electron chi connectivity index (χ4n) is 2.18. The molecule has 0 saturated heterocycles. The zero-order valence-corrected chi connectivity index (χ0v) is 11.9. The lowest BCUT2D eigenvalue weighted by Gasteiger charge is -2.12. The van der Waals surface area contributed by atoms with E-state index >= 15 is 0 Å². The van der Waals surface area contributed by atoms with E-state index in [0.717, 1.165) is 16.8 Å². The molecule has 3 aromatic rings. The van der Waals surface area contributed by atoms with Crippen LogP contribution in [0.5, 0.6) is 0 Å². The standard InChI is InChI=1S/C16H16N4O/c1-11-5-7-20-10-14(19-15(20)8-11)16(21)18-12(2)13-4-3-6-17-9-13/h3-10,12H,1-2H3,(H,18,21). The quantitative estimate of drug-likeness (QED) is 0.802. The van der Waals surface area contributed by atoms with E-state index in [0.29, 0.717) is 5.69 Å². The van der Waals surface area contributed by atoms with Crippen LogP contribution >= 0.6 is 0 Å². The monoisotopic (exact) mass is 280 g/mol. The molecule has 0 aliphatic carbocycles. The Morgan fingerprint density at radius 3 is 3.00 bits per heavy atom. The van der Waals surface area contributed by atoms with E-state index in [2.05, 4.69) is 15.3 Å². The van der Waals surface area contributed by atoms with E-state index in [1.54, 1.807) is 18.6 Å². The van der Waals surface area contributed by atoms with Gasteiger partial charge in [0.25, 0.3) is 5.91 Å². The second-order valence-corrected chi connectivity index (χ2v) is 5.08. The van der Waals surface area contributed by atoms with Crippen LogP contribution in [0.1, 0.15) is 34.6 Å².